The molecule has 1 fully saturated rings. The van der Waals surface area contributed by atoms with Gasteiger partial charge < -0.3 is 108 Å². The molecule has 0 saturated carbocycles. The predicted octanol–water partition coefficient (Wildman–Crippen LogP) is 3.43. The molecule has 133 heavy (non-hydrogen) atoms. The van der Waals surface area contributed by atoms with E-state index < -0.39 is 213 Å². The number of fused-ring (bicyclic) bond motifs is 2. The van der Waals surface area contributed by atoms with Crippen LogP contribution in [0.5, 0.6) is 5.75 Å². The molecule has 0 spiro atoms. The Morgan fingerprint density at radius 1 is 0.594 bits per heavy atom. The number of para-hydroxylation sites is 1. The summed E-state index contributed by atoms with van der Waals surface area (Å²) in [6.45, 7) is 22.5. The van der Waals surface area contributed by atoms with Crippen LogP contribution in [0.3, 0.4) is 0 Å². The molecule has 14 atom stereocenters. The first kappa shape index (κ1) is 111. The molecule has 732 valence electrons. The summed E-state index contributed by atoms with van der Waals surface area (Å²) in [6, 6.07) is 10.1. The number of hydrogen-bond donors (Lipinski definition) is 19. The Labute approximate surface area is 786 Å². The number of carbonyl (C=O) groups is 16. The lowest BCUT2D eigenvalue weighted by molar-refractivity contribution is -0.139. The standard InChI is InChI=1S/C95H142N18O18S2/c1-53(2)42-71(82(100)121)108-83(122)63(43-55(4)98)48-74(117)68(28-17-21-39-102-57(6)115)111-91(130)95(14,36-19-20-37-96)51-76(119)70(46-60-30-33-61-25-15-16-26-62(61)45-60)107-84(123)64(44-59-31-34-66(35-32-59)131-41-38-97)49-75(118)80-93(10,11)132-133-94(12,13)81(105-58(7)116)89(128)110-73(50-77(99)120)87(126)112-79(56(5)114)88(127)109-72(47-65-52-104-78-54(3)24-23-27-67(65)78)86(125)106-69(85(124)113-80)29-18-22-40-103-90(129)92(8,9)101/h15-16,23-27,30-35,45,52-53,55-56,63-64,68-73,79-81,104,114H,17-22,28-29,36-44,46-51,96-98,101H2,1-14H3,(H2,99,120)(H2,100,121)(H,102,115)(H,103,129)(H,105,116)(H,106,125)(H,107,123)(H,108,122)(H,109,127)(H,110,128)(H,111,130)(H,112,126)(H,113,124)/t55?,56-,63-,64-,68+,69+,70+,71-,72+,73+,79+,80-,81-,95-/m1/s1. The SMILES string of the molecule is CC(=O)NCCCC[C@H](NC(=O)[C@](C)(CCCCN)CC(=O)[C@H](Cc1ccc2ccccc2c1)NC(=O)[C@@H](CC(=O)[C@H]1NC(=O)[C@H](CCCCNC(=O)C(C)(C)N)NC(=O)[C@H](Cc2c[nH]c3c(C)cccc23)NC(=O)[C@H]([C@@H](C)O)NC(=O)[C@H](CC(N)=O)NC(=O)[C@@H](NC(C)=O)C(C)(C)SSC1(C)C)Cc1ccc(OCCN)cc1)C(=O)C[C@@H](CC(C)N)C(=O)N[C@H](CC(C)C)C(N)=O. The number of amides is 13. The number of aliphatic hydroxyl groups is 1. The van der Waals surface area contributed by atoms with E-state index in [2.05, 4.69) is 63.5 Å². The van der Waals surface area contributed by atoms with Crippen molar-refractivity contribution < 1.29 is 86.6 Å². The van der Waals surface area contributed by atoms with Crippen LogP contribution in [-0.4, -0.2) is 219 Å². The number of carbonyl (C=O) groups excluding carboxylic acids is 16. The molecule has 0 aliphatic carbocycles. The summed E-state index contributed by atoms with van der Waals surface area (Å²) in [6.07, 6.45) is -1.86. The van der Waals surface area contributed by atoms with E-state index in [0.717, 1.165) is 51.8 Å². The molecular formula is C95H142N18O18S2. The maximum atomic E-state index is 16.6. The van der Waals surface area contributed by atoms with Crippen molar-refractivity contribution in [2.24, 2.45) is 57.6 Å². The quantitative estimate of drug-likeness (QED) is 0.0196. The number of Topliss-reactive ketones (excluding diaryl/α,β-unsaturated/α-hetero) is 3. The van der Waals surface area contributed by atoms with E-state index >= 15 is 33.6 Å². The van der Waals surface area contributed by atoms with E-state index in [1.54, 1.807) is 90.2 Å². The number of aromatic amines is 1. The average Bonchev–Trinajstić information content (AvgIpc) is 1.57. The third-order valence-electron chi connectivity index (χ3n) is 23.4. The minimum absolute atomic E-state index is 0.00555. The summed E-state index contributed by atoms with van der Waals surface area (Å²) in [4.78, 5) is 237. The molecule has 0 bridgehead atoms. The van der Waals surface area contributed by atoms with Gasteiger partial charge in [-0.3, -0.25) is 76.7 Å². The van der Waals surface area contributed by atoms with Crippen LogP contribution in [0.2, 0.25) is 0 Å². The van der Waals surface area contributed by atoms with Gasteiger partial charge in [-0.05, 0) is 197 Å². The van der Waals surface area contributed by atoms with Gasteiger partial charge in [0.25, 0.3) is 0 Å². The molecule has 1 saturated heterocycles. The fraction of sp³-hybridized carbons (Fsp3) is 0.579. The number of unbranched alkanes of at least 4 members (excludes halogenated alkanes) is 3. The molecule has 25 N–H and O–H groups in total. The van der Waals surface area contributed by atoms with Gasteiger partial charge in [0.1, 0.15) is 54.6 Å². The van der Waals surface area contributed by atoms with Crippen molar-refractivity contribution in [1.82, 2.24) is 63.5 Å². The van der Waals surface area contributed by atoms with Gasteiger partial charge in [0.15, 0.2) is 17.3 Å². The number of aromatic nitrogens is 1. The highest BCUT2D eigenvalue weighted by Gasteiger charge is 2.47. The molecule has 36 nitrogen and oxygen atoms in total. The molecule has 5 aromatic rings. The Morgan fingerprint density at radius 3 is 1.83 bits per heavy atom. The van der Waals surface area contributed by atoms with Crippen LogP contribution >= 0.6 is 21.6 Å². The van der Waals surface area contributed by atoms with Crippen molar-refractivity contribution in [2.45, 2.75) is 294 Å². The number of ketones is 3. The summed E-state index contributed by atoms with van der Waals surface area (Å²) < 4.78 is 2.72. The molecule has 6 rings (SSSR count). The molecule has 1 unspecified atom stereocenters. The van der Waals surface area contributed by atoms with Crippen molar-refractivity contribution in [2.75, 3.05) is 32.8 Å². The topological polar surface area (TPSA) is 607 Å². The number of aryl methyl sites for hydroxylation is 1. The molecule has 4 aromatic carbocycles. The third-order valence-corrected chi connectivity index (χ3v) is 27.6. The number of H-pyrrole nitrogens is 1. The molecule has 13 amide bonds. The second kappa shape index (κ2) is 52.1. The zero-order chi connectivity index (χ0) is 99.0. The normalized spacial score (nSPS) is 19.6. The first-order valence-electron chi connectivity index (χ1n) is 45.6. The molecular weight excluding hydrogens is 1750 g/mol. The average molecular weight is 1890 g/mol. The van der Waals surface area contributed by atoms with Crippen LogP contribution in [0.25, 0.3) is 21.7 Å². The summed E-state index contributed by atoms with van der Waals surface area (Å²) >= 11 is 0. The molecule has 0 radical (unpaired) electrons. The number of hydrogen-bond acceptors (Lipinski definition) is 24. The van der Waals surface area contributed by atoms with Gasteiger partial charge in [0.05, 0.1) is 35.6 Å². The fourth-order valence-corrected chi connectivity index (χ4v) is 18.7. The van der Waals surface area contributed by atoms with Crippen LogP contribution in [0.1, 0.15) is 209 Å². The van der Waals surface area contributed by atoms with E-state index in [0.29, 0.717) is 52.6 Å². The van der Waals surface area contributed by atoms with Crippen LogP contribution in [0, 0.1) is 30.1 Å². The molecule has 1 aliphatic rings. The second-order valence-corrected chi connectivity index (χ2v) is 40.9. The lowest BCUT2D eigenvalue weighted by Gasteiger charge is -2.39. The van der Waals surface area contributed by atoms with E-state index in [9.17, 15) is 48.3 Å². The van der Waals surface area contributed by atoms with E-state index in [-0.39, 0.29) is 115 Å². The highest BCUT2D eigenvalue weighted by atomic mass is 33.1. The van der Waals surface area contributed by atoms with Crippen LogP contribution < -0.4 is 97.6 Å². The maximum Gasteiger partial charge on any atom is 0.245 e. The molecule has 1 aliphatic heterocycles. The Balaban J connectivity index is 1.55. The zero-order valence-corrected chi connectivity index (χ0v) is 80.8. The van der Waals surface area contributed by atoms with Gasteiger partial charge in [0.2, 0.25) is 76.8 Å². The molecule has 2 heterocycles. The van der Waals surface area contributed by atoms with Gasteiger partial charge in [-0.15, -0.1) is 0 Å². The summed E-state index contributed by atoms with van der Waals surface area (Å²) in [5.74, 6) is -15.2. The minimum Gasteiger partial charge on any atom is -0.492 e. The zero-order valence-electron chi connectivity index (χ0n) is 79.2. The number of rotatable bonds is 48. The maximum absolute atomic E-state index is 16.6. The van der Waals surface area contributed by atoms with Gasteiger partial charge in [-0.2, -0.15) is 0 Å². The lowest BCUT2D eigenvalue weighted by atomic mass is 9.77. The Bertz CT molecular complexity index is 4880. The van der Waals surface area contributed by atoms with E-state index in [1.807, 2.05) is 63.2 Å². The number of primary amides is 2. The molecule has 1 aromatic heterocycles. The molecule has 38 heteroatoms. The van der Waals surface area contributed by atoms with Crippen LogP contribution in [-0.2, 0) is 96.0 Å². The van der Waals surface area contributed by atoms with E-state index in [1.165, 1.54) is 20.8 Å². The predicted molar refractivity (Wildman–Crippen MR) is 512 cm³/mol. The first-order chi connectivity index (χ1) is 62.5. The van der Waals surface area contributed by atoms with Gasteiger partial charge in [-0.25, -0.2) is 0 Å². The van der Waals surface area contributed by atoms with Crippen molar-refractivity contribution in [3.05, 3.63) is 113 Å². The number of ether oxygens (including phenoxy) is 1. The number of benzene rings is 4. The highest BCUT2D eigenvalue weighted by Crippen LogP contribution is 2.47. The number of aliphatic hydroxyl groups excluding tert-OH is 1. The highest BCUT2D eigenvalue weighted by molar-refractivity contribution is 8.77. The number of nitrogens with two attached hydrogens (primary N) is 6. The van der Waals surface area contributed by atoms with Gasteiger partial charge in [0, 0.05) is 104 Å². The fourth-order valence-electron chi connectivity index (χ4n) is 15.8. The summed E-state index contributed by atoms with van der Waals surface area (Å²) in [5.41, 5.74) is 35.9. The minimum atomic E-state index is -1.92. The van der Waals surface area contributed by atoms with Crippen LogP contribution in [0.4, 0.5) is 0 Å². The third kappa shape index (κ3) is 35.5. The summed E-state index contributed by atoms with van der Waals surface area (Å²) in [7, 11) is 1.91. The Hall–Kier alpha value is -10.9. The van der Waals surface area contributed by atoms with Gasteiger partial charge >= 0.3 is 0 Å². The monoisotopic (exact) mass is 1890 g/mol. The second-order valence-electron chi connectivity index (χ2n) is 37.4. The number of nitrogens with one attached hydrogen (secondary N) is 12. The lowest BCUT2D eigenvalue weighted by Crippen LogP contribution is -2.63. The van der Waals surface area contributed by atoms with Gasteiger partial charge in [-0.1, -0.05) is 122 Å². The van der Waals surface area contributed by atoms with E-state index in [4.69, 9.17) is 39.1 Å². The Morgan fingerprint density at radius 2 is 1.21 bits per heavy atom. The van der Waals surface area contributed by atoms with Crippen molar-refractivity contribution >= 4 is 137 Å². The van der Waals surface area contributed by atoms with Crippen molar-refractivity contribution in [3.63, 3.8) is 0 Å². The largest absolute Gasteiger partial charge is 0.492 e. The van der Waals surface area contributed by atoms with Crippen molar-refractivity contribution in [1.29, 1.82) is 0 Å². The summed E-state index contributed by atoms with van der Waals surface area (Å²) in [5, 5.41) is 43.8. The first-order valence-corrected chi connectivity index (χ1v) is 47.7. The smallest absolute Gasteiger partial charge is 0.245 e. The Kier molecular flexibility index (Phi) is 43.4. The van der Waals surface area contributed by atoms with Crippen LogP contribution in [0.15, 0.2) is 91.1 Å². The van der Waals surface area contributed by atoms with Crippen molar-refractivity contribution in [3.8, 4) is 5.75 Å².